The molecule has 3 nitrogen and oxygen atoms in total. The van der Waals surface area contributed by atoms with E-state index in [1.165, 1.54) is 5.56 Å². The highest BCUT2D eigenvalue weighted by Crippen LogP contribution is 2.31. The Labute approximate surface area is 129 Å². The normalized spacial score (nSPS) is 12.0. The molecule has 0 spiro atoms. The van der Waals surface area contributed by atoms with Gasteiger partial charge in [0.2, 0.25) is 0 Å². The van der Waals surface area contributed by atoms with Gasteiger partial charge < -0.3 is 10.6 Å². The van der Waals surface area contributed by atoms with Gasteiger partial charge in [-0.05, 0) is 18.1 Å². The van der Waals surface area contributed by atoms with E-state index in [0.717, 1.165) is 6.42 Å². The average molecular weight is 310 g/mol. The molecule has 0 aliphatic heterocycles. The van der Waals surface area contributed by atoms with Crippen molar-refractivity contribution in [1.82, 2.24) is 4.98 Å². The van der Waals surface area contributed by atoms with Crippen molar-refractivity contribution in [2.45, 2.75) is 19.4 Å². The summed E-state index contributed by atoms with van der Waals surface area (Å²) >= 11 is 12.3. The molecule has 0 amide bonds. The third-order valence-corrected chi connectivity index (χ3v) is 3.66. The summed E-state index contributed by atoms with van der Waals surface area (Å²) in [6.07, 6.45) is 0.930. The zero-order valence-electron chi connectivity index (χ0n) is 11.5. The SMILES string of the molecule is CCC(Nc1nc(NC)c(Cl)cc1Cl)c1ccccc1. The fourth-order valence-electron chi connectivity index (χ4n) is 2.01. The Hall–Kier alpha value is -1.45. The first-order valence-electron chi connectivity index (χ1n) is 6.51. The van der Waals surface area contributed by atoms with Gasteiger partial charge in [0.15, 0.2) is 0 Å². The van der Waals surface area contributed by atoms with E-state index < -0.39 is 0 Å². The fraction of sp³-hybridized carbons (Fsp3) is 0.267. The maximum Gasteiger partial charge on any atom is 0.147 e. The lowest BCUT2D eigenvalue weighted by Gasteiger charge is -2.19. The van der Waals surface area contributed by atoms with Crippen LogP contribution >= 0.6 is 23.2 Å². The first-order chi connectivity index (χ1) is 9.65. The Bertz CT molecular complexity index is 573. The monoisotopic (exact) mass is 309 g/mol. The lowest BCUT2D eigenvalue weighted by molar-refractivity contribution is 0.745. The molecule has 0 saturated carbocycles. The van der Waals surface area contributed by atoms with Crippen LogP contribution in [0, 0.1) is 0 Å². The summed E-state index contributed by atoms with van der Waals surface area (Å²) in [6, 6.07) is 12.1. The van der Waals surface area contributed by atoms with Crippen molar-refractivity contribution in [2.24, 2.45) is 0 Å². The lowest BCUT2D eigenvalue weighted by Crippen LogP contribution is -2.11. The molecule has 1 aromatic heterocycles. The molecule has 1 atom stereocenters. The van der Waals surface area contributed by atoms with Gasteiger partial charge >= 0.3 is 0 Å². The Morgan fingerprint density at radius 2 is 1.75 bits per heavy atom. The van der Waals surface area contributed by atoms with E-state index in [1.807, 2.05) is 18.2 Å². The number of benzene rings is 1. The molecule has 2 rings (SSSR count). The first-order valence-corrected chi connectivity index (χ1v) is 7.26. The quantitative estimate of drug-likeness (QED) is 0.816. The molecule has 20 heavy (non-hydrogen) atoms. The molecule has 1 aromatic carbocycles. The van der Waals surface area contributed by atoms with E-state index >= 15 is 0 Å². The zero-order chi connectivity index (χ0) is 14.5. The predicted molar refractivity (Wildman–Crippen MR) is 86.9 cm³/mol. The van der Waals surface area contributed by atoms with Gasteiger partial charge in [-0.2, -0.15) is 0 Å². The molecular weight excluding hydrogens is 293 g/mol. The van der Waals surface area contributed by atoms with Crippen molar-refractivity contribution in [3.8, 4) is 0 Å². The second-order valence-electron chi connectivity index (χ2n) is 4.42. The van der Waals surface area contributed by atoms with Gasteiger partial charge in [0.1, 0.15) is 11.6 Å². The van der Waals surface area contributed by atoms with Crippen LogP contribution in [-0.4, -0.2) is 12.0 Å². The fourth-order valence-corrected chi connectivity index (χ4v) is 2.52. The number of rotatable bonds is 5. The van der Waals surface area contributed by atoms with Gasteiger partial charge in [-0.3, -0.25) is 0 Å². The molecule has 2 N–H and O–H groups in total. The van der Waals surface area contributed by atoms with Crippen LogP contribution in [0.25, 0.3) is 0 Å². The van der Waals surface area contributed by atoms with Gasteiger partial charge in [0.25, 0.3) is 0 Å². The number of halogens is 2. The van der Waals surface area contributed by atoms with E-state index in [9.17, 15) is 0 Å². The number of pyridine rings is 1. The molecule has 0 aliphatic rings. The van der Waals surface area contributed by atoms with Gasteiger partial charge in [0, 0.05) is 7.05 Å². The Kier molecular flexibility index (Phi) is 5.10. The molecule has 0 fully saturated rings. The van der Waals surface area contributed by atoms with E-state index in [2.05, 4.69) is 34.7 Å². The highest BCUT2D eigenvalue weighted by Gasteiger charge is 2.13. The molecule has 0 radical (unpaired) electrons. The summed E-state index contributed by atoms with van der Waals surface area (Å²) in [5, 5.41) is 7.35. The molecule has 0 saturated heterocycles. The van der Waals surface area contributed by atoms with Crippen LogP contribution in [0.4, 0.5) is 11.6 Å². The second kappa shape index (κ2) is 6.82. The minimum atomic E-state index is 0.159. The summed E-state index contributed by atoms with van der Waals surface area (Å²) in [4.78, 5) is 4.42. The van der Waals surface area contributed by atoms with E-state index in [4.69, 9.17) is 23.2 Å². The number of anilines is 2. The van der Waals surface area contributed by atoms with Gasteiger partial charge in [-0.1, -0.05) is 60.5 Å². The molecule has 106 valence electrons. The minimum Gasteiger partial charge on any atom is -0.372 e. The first kappa shape index (κ1) is 14.9. The Morgan fingerprint density at radius 3 is 2.35 bits per heavy atom. The van der Waals surface area contributed by atoms with Crippen LogP contribution < -0.4 is 10.6 Å². The lowest BCUT2D eigenvalue weighted by atomic mass is 10.0. The van der Waals surface area contributed by atoms with Crippen LogP contribution in [0.2, 0.25) is 10.0 Å². The van der Waals surface area contributed by atoms with Crippen molar-refractivity contribution in [3.05, 3.63) is 52.0 Å². The van der Waals surface area contributed by atoms with Gasteiger partial charge in [-0.25, -0.2) is 4.98 Å². The van der Waals surface area contributed by atoms with Crippen molar-refractivity contribution < 1.29 is 0 Å². The van der Waals surface area contributed by atoms with Gasteiger partial charge in [-0.15, -0.1) is 0 Å². The highest BCUT2D eigenvalue weighted by molar-refractivity contribution is 6.37. The maximum absolute atomic E-state index is 6.21. The molecule has 2 aromatic rings. The predicted octanol–water partition coefficient (Wildman–Crippen LogP) is 4.99. The zero-order valence-corrected chi connectivity index (χ0v) is 13.0. The third kappa shape index (κ3) is 3.35. The van der Waals surface area contributed by atoms with Crippen LogP contribution in [-0.2, 0) is 0 Å². The Morgan fingerprint density at radius 1 is 1.10 bits per heavy atom. The largest absolute Gasteiger partial charge is 0.372 e. The Balaban J connectivity index is 2.28. The topological polar surface area (TPSA) is 37.0 Å². The second-order valence-corrected chi connectivity index (χ2v) is 5.23. The van der Waals surface area contributed by atoms with Crippen LogP contribution in [0.15, 0.2) is 36.4 Å². The van der Waals surface area contributed by atoms with E-state index in [0.29, 0.717) is 21.7 Å². The van der Waals surface area contributed by atoms with Crippen LogP contribution in [0.1, 0.15) is 24.9 Å². The maximum atomic E-state index is 6.21. The number of hydrogen-bond acceptors (Lipinski definition) is 3. The summed E-state index contributed by atoms with van der Waals surface area (Å²) in [5.74, 6) is 1.25. The third-order valence-electron chi connectivity index (χ3n) is 3.09. The van der Waals surface area contributed by atoms with Crippen LogP contribution in [0.5, 0.6) is 0 Å². The number of aromatic nitrogens is 1. The molecule has 1 unspecified atom stereocenters. The summed E-state index contributed by atoms with van der Waals surface area (Å²) in [7, 11) is 1.78. The van der Waals surface area contributed by atoms with Crippen LogP contribution in [0.3, 0.4) is 0 Å². The van der Waals surface area contributed by atoms with E-state index in [1.54, 1.807) is 13.1 Å². The van der Waals surface area contributed by atoms with Crippen molar-refractivity contribution in [3.63, 3.8) is 0 Å². The molecule has 1 heterocycles. The number of nitrogens with zero attached hydrogens (tertiary/aromatic N) is 1. The standard InChI is InChI=1S/C15H17Cl2N3/c1-3-13(10-7-5-4-6-8-10)19-15-12(17)9-11(16)14(18-2)20-15/h4-9,13H,3H2,1-2H3,(H2,18,19,20). The summed E-state index contributed by atoms with van der Waals surface area (Å²) in [6.45, 7) is 2.12. The minimum absolute atomic E-state index is 0.159. The molecule has 0 bridgehead atoms. The molecule has 5 heteroatoms. The smallest absolute Gasteiger partial charge is 0.147 e. The van der Waals surface area contributed by atoms with E-state index in [-0.39, 0.29) is 6.04 Å². The molecule has 0 aliphatic carbocycles. The molecular formula is C15H17Cl2N3. The average Bonchev–Trinajstić information content (AvgIpc) is 2.47. The summed E-state index contributed by atoms with van der Waals surface area (Å²) < 4.78 is 0. The summed E-state index contributed by atoms with van der Waals surface area (Å²) in [5.41, 5.74) is 1.20. The van der Waals surface area contributed by atoms with Crippen molar-refractivity contribution in [2.75, 3.05) is 17.7 Å². The number of nitrogens with one attached hydrogen (secondary N) is 2. The number of hydrogen-bond donors (Lipinski definition) is 2. The van der Waals surface area contributed by atoms with Gasteiger partial charge in [0.05, 0.1) is 16.1 Å². The highest BCUT2D eigenvalue weighted by atomic mass is 35.5. The van der Waals surface area contributed by atoms with Crippen molar-refractivity contribution in [1.29, 1.82) is 0 Å². The van der Waals surface area contributed by atoms with Crippen molar-refractivity contribution >= 4 is 34.8 Å².